The van der Waals surface area contributed by atoms with Crippen LogP contribution in [0.15, 0.2) is 48.5 Å². The molecule has 0 saturated carbocycles. The summed E-state index contributed by atoms with van der Waals surface area (Å²) in [4.78, 5) is 23.7. The second-order valence-electron chi connectivity index (χ2n) is 4.34. The van der Waals surface area contributed by atoms with Crippen LogP contribution in [-0.2, 0) is 6.18 Å². The standard InChI is InChI=1S/C15H9ClF3NO2/c16-12-4-2-1-3-11(12)14(22)20-13(21)9-5-7-10(8-6-9)15(17,18)19/h1-8H,(H,20,21,22). The van der Waals surface area contributed by atoms with Gasteiger partial charge in [-0.15, -0.1) is 0 Å². The number of hydrogen-bond donors (Lipinski definition) is 1. The molecule has 0 atom stereocenters. The van der Waals surface area contributed by atoms with Crippen LogP contribution in [0.1, 0.15) is 26.3 Å². The lowest BCUT2D eigenvalue weighted by Crippen LogP contribution is -2.30. The number of alkyl halides is 3. The average molecular weight is 328 g/mol. The number of imide groups is 1. The molecule has 0 heterocycles. The Balaban J connectivity index is 2.13. The number of halogens is 4. The number of benzene rings is 2. The van der Waals surface area contributed by atoms with E-state index >= 15 is 0 Å². The number of rotatable bonds is 2. The predicted octanol–water partition coefficient (Wildman–Crippen LogP) is 3.93. The molecule has 22 heavy (non-hydrogen) atoms. The van der Waals surface area contributed by atoms with E-state index in [1.165, 1.54) is 12.1 Å². The van der Waals surface area contributed by atoms with E-state index in [1.54, 1.807) is 12.1 Å². The zero-order valence-electron chi connectivity index (χ0n) is 10.9. The summed E-state index contributed by atoms with van der Waals surface area (Å²) < 4.78 is 37.3. The van der Waals surface area contributed by atoms with Crippen LogP contribution in [0.25, 0.3) is 0 Å². The average Bonchev–Trinajstić information content (AvgIpc) is 2.46. The van der Waals surface area contributed by atoms with Crippen LogP contribution in [0.4, 0.5) is 13.2 Å². The largest absolute Gasteiger partial charge is 0.416 e. The third kappa shape index (κ3) is 3.65. The van der Waals surface area contributed by atoms with E-state index in [1.807, 2.05) is 0 Å². The molecule has 0 bridgehead atoms. The van der Waals surface area contributed by atoms with Crippen molar-refractivity contribution in [2.45, 2.75) is 6.18 Å². The molecule has 2 amide bonds. The molecule has 0 aliphatic carbocycles. The van der Waals surface area contributed by atoms with Crippen LogP contribution >= 0.6 is 11.6 Å². The van der Waals surface area contributed by atoms with Gasteiger partial charge in [0.25, 0.3) is 11.8 Å². The SMILES string of the molecule is O=C(NC(=O)c1ccccc1Cl)c1ccc(C(F)(F)F)cc1. The van der Waals surface area contributed by atoms with Crippen LogP contribution in [0.2, 0.25) is 5.02 Å². The molecule has 0 aromatic heterocycles. The molecule has 0 unspecified atom stereocenters. The number of amides is 2. The highest BCUT2D eigenvalue weighted by molar-refractivity contribution is 6.34. The molecule has 0 saturated heterocycles. The van der Waals surface area contributed by atoms with E-state index in [9.17, 15) is 22.8 Å². The van der Waals surface area contributed by atoms with Gasteiger partial charge in [0.2, 0.25) is 0 Å². The van der Waals surface area contributed by atoms with Crippen LogP contribution in [0.3, 0.4) is 0 Å². The van der Waals surface area contributed by atoms with Crippen molar-refractivity contribution in [2.75, 3.05) is 0 Å². The molecule has 0 spiro atoms. The maximum atomic E-state index is 12.4. The van der Waals surface area contributed by atoms with Gasteiger partial charge in [0.05, 0.1) is 16.1 Å². The van der Waals surface area contributed by atoms with Gasteiger partial charge in [0, 0.05) is 5.56 Å². The molecule has 2 aromatic rings. The van der Waals surface area contributed by atoms with E-state index in [2.05, 4.69) is 5.32 Å². The van der Waals surface area contributed by atoms with E-state index in [0.29, 0.717) is 0 Å². The minimum Gasteiger partial charge on any atom is -0.288 e. The van der Waals surface area contributed by atoms with Crippen molar-refractivity contribution in [3.05, 3.63) is 70.2 Å². The number of carbonyl (C=O) groups excluding carboxylic acids is 2. The first-order valence-corrected chi connectivity index (χ1v) is 6.44. The quantitative estimate of drug-likeness (QED) is 0.850. The minimum atomic E-state index is -4.48. The first kappa shape index (κ1) is 16.0. The second-order valence-corrected chi connectivity index (χ2v) is 4.75. The molecule has 2 rings (SSSR count). The van der Waals surface area contributed by atoms with Crippen LogP contribution in [0, 0.1) is 0 Å². The molecule has 114 valence electrons. The van der Waals surface area contributed by atoms with Gasteiger partial charge in [-0.1, -0.05) is 23.7 Å². The Bertz CT molecular complexity index is 711. The molecule has 0 aliphatic rings. The zero-order chi connectivity index (χ0) is 16.3. The number of nitrogens with one attached hydrogen (secondary N) is 1. The van der Waals surface area contributed by atoms with Crippen molar-refractivity contribution in [3.8, 4) is 0 Å². The van der Waals surface area contributed by atoms with Crippen LogP contribution < -0.4 is 5.32 Å². The fourth-order valence-electron chi connectivity index (χ4n) is 1.70. The summed E-state index contributed by atoms with van der Waals surface area (Å²) in [6, 6.07) is 9.65. The first-order valence-electron chi connectivity index (χ1n) is 6.06. The van der Waals surface area contributed by atoms with Crippen molar-refractivity contribution in [2.24, 2.45) is 0 Å². The number of hydrogen-bond acceptors (Lipinski definition) is 2. The monoisotopic (exact) mass is 327 g/mol. The van der Waals surface area contributed by atoms with E-state index < -0.39 is 23.6 Å². The first-order chi connectivity index (χ1) is 10.3. The third-order valence-electron chi connectivity index (χ3n) is 2.82. The molecular weight excluding hydrogens is 319 g/mol. The maximum absolute atomic E-state index is 12.4. The van der Waals surface area contributed by atoms with Gasteiger partial charge in [0.15, 0.2) is 0 Å². The lowest BCUT2D eigenvalue weighted by atomic mass is 10.1. The summed E-state index contributed by atoms with van der Waals surface area (Å²) in [5, 5.41) is 2.23. The zero-order valence-corrected chi connectivity index (χ0v) is 11.7. The Labute approximate surface area is 128 Å². The summed E-state index contributed by atoms with van der Waals surface area (Å²) in [7, 11) is 0. The van der Waals surface area contributed by atoms with Gasteiger partial charge in [-0.05, 0) is 36.4 Å². The van der Waals surface area contributed by atoms with Crippen molar-refractivity contribution >= 4 is 23.4 Å². The minimum absolute atomic E-state index is 0.0617. The summed E-state index contributed by atoms with van der Waals surface area (Å²) in [5.41, 5.74) is -0.834. The van der Waals surface area contributed by atoms with Gasteiger partial charge in [-0.3, -0.25) is 14.9 Å². The third-order valence-corrected chi connectivity index (χ3v) is 3.15. The number of carbonyl (C=O) groups is 2. The summed E-state index contributed by atoms with van der Waals surface area (Å²) in [6.07, 6.45) is -4.48. The van der Waals surface area contributed by atoms with Gasteiger partial charge in [0.1, 0.15) is 0 Å². The highest BCUT2D eigenvalue weighted by Gasteiger charge is 2.30. The fourth-order valence-corrected chi connectivity index (χ4v) is 1.92. The molecule has 3 nitrogen and oxygen atoms in total. The maximum Gasteiger partial charge on any atom is 0.416 e. The van der Waals surface area contributed by atoms with Crippen LogP contribution in [0.5, 0.6) is 0 Å². The lowest BCUT2D eigenvalue weighted by molar-refractivity contribution is -0.137. The summed E-state index contributed by atoms with van der Waals surface area (Å²) >= 11 is 5.82. The molecule has 0 radical (unpaired) electrons. The lowest BCUT2D eigenvalue weighted by Gasteiger charge is -2.08. The second kappa shape index (κ2) is 6.19. The Kier molecular flexibility index (Phi) is 4.51. The topological polar surface area (TPSA) is 46.2 Å². The molecule has 0 aliphatic heterocycles. The fraction of sp³-hybridized carbons (Fsp3) is 0.0667. The van der Waals surface area contributed by atoms with Crippen LogP contribution in [-0.4, -0.2) is 11.8 Å². The highest BCUT2D eigenvalue weighted by Crippen LogP contribution is 2.29. The van der Waals surface area contributed by atoms with E-state index in [4.69, 9.17) is 11.6 Å². The van der Waals surface area contributed by atoms with Crippen molar-refractivity contribution in [3.63, 3.8) is 0 Å². The van der Waals surface area contributed by atoms with E-state index in [-0.39, 0.29) is 16.1 Å². The van der Waals surface area contributed by atoms with E-state index in [0.717, 1.165) is 24.3 Å². The van der Waals surface area contributed by atoms with Crippen molar-refractivity contribution in [1.82, 2.24) is 5.32 Å². The molecule has 2 aromatic carbocycles. The summed E-state index contributed by atoms with van der Waals surface area (Å²) in [6.45, 7) is 0. The Morgan fingerprint density at radius 2 is 1.50 bits per heavy atom. The van der Waals surface area contributed by atoms with Crippen molar-refractivity contribution in [1.29, 1.82) is 0 Å². The van der Waals surface area contributed by atoms with Gasteiger partial charge in [-0.2, -0.15) is 13.2 Å². The predicted molar refractivity (Wildman–Crippen MR) is 74.7 cm³/mol. The van der Waals surface area contributed by atoms with Gasteiger partial charge in [-0.25, -0.2) is 0 Å². The Morgan fingerprint density at radius 3 is 2.05 bits per heavy atom. The van der Waals surface area contributed by atoms with Gasteiger partial charge >= 0.3 is 6.18 Å². The smallest absolute Gasteiger partial charge is 0.288 e. The molecular formula is C15H9ClF3NO2. The normalized spacial score (nSPS) is 11.1. The highest BCUT2D eigenvalue weighted by atomic mass is 35.5. The summed E-state index contributed by atoms with van der Waals surface area (Å²) in [5.74, 6) is -1.53. The Morgan fingerprint density at radius 1 is 0.909 bits per heavy atom. The molecule has 7 heteroatoms. The Hall–Kier alpha value is -2.34. The molecule has 1 N–H and O–H groups in total. The molecule has 0 fully saturated rings. The van der Waals surface area contributed by atoms with Gasteiger partial charge < -0.3 is 0 Å². The van der Waals surface area contributed by atoms with Crippen molar-refractivity contribution < 1.29 is 22.8 Å².